The average molecular weight is 254 g/mol. The third-order valence-corrected chi connectivity index (χ3v) is 2.50. The molecule has 1 atom stereocenters. The zero-order valence-electron chi connectivity index (χ0n) is 7.88. The second-order valence-corrected chi connectivity index (χ2v) is 3.77. The largest absolute Gasteiger partial charge is 0.409 e. The standard InChI is InChI=1S/C8H7ClF3N3O/c9-5-3-6(16)15-4(8(10,11)12)1-2-13-7(15)14-5/h3-4H,1-2H2,(H,13,14)/t4-/m1/s1. The lowest BCUT2D eigenvalue weighted by atomic mass is 10.1. The molecule has 0 aromatic carbocycles. The Morgan fingerprint density at radius 3 is 2.88 bits per heavy atom. The molecule has 1 aliphatic heterocycles. The van der Waals surface area contributed by atoms with E-state index in [1.807, 2.05) is 0 Å². The SMILES string of the molecule is O=c1cc(Cl)nc2n1[C@@H](C(F)(F)F)CCN2. The molecule has 0 saturated carbocycles. The van der Waals surface area contributed by atoms with E-state index in [-0.39, 0.29) is 24.1 Å². The van der Waals surface area contributed by atoms with E-state index in [1.165, 1.54) is 0 Å². The van der Waals surface area contributed by atoms with Crippen molar-refractivity contribution in [3.63, 3.8) is 0 Å². The van der Waals surface area contributed by atoms with Gasteiger partial charge in [-0.3, -0.25) is 9.36 Å². The fraction of sp³-hybridized carbons (Fsp3) is 0.500. The van der Waals surface area contributed by atoms with Gasteiger partial charge in [0.1, 0.15) is 11.2 Å². The summed E-state index contributed by atoms with van der Waals surface area (Å²) in [5.41, 5.74) is -0.801. The average Bonchev–Trinajstić information content (AvgIpc) is 2.14. The predicted molar refractivity (Wildman–Crippen MR) is 51.7 cm³/mol. The van der Waals surface area contributed by atoms with E-state index in [2.05, 4.69) is 10.3 Å². The first-order chi connectivity index (χ1) is 7.39. The van der Waals surface area contributed by atoms with E-state index < -0.39 is 17.8 Å². The summed E-state index contributed by atoms with van der Waals surface area (Å²) in [6.45, 7) is 0.108. The number of hydrogen-bond donors (Lipinski definition) is 1. The van der Waals surface area contributed by atoms with Gasteiger partial charge in [-0.15, -0.1) is 0 Å². The van der Waals surface area contributed by atoms with Gasteiger partial charge in [0.15, 0.2) is 0 Å². The van der Waals surface area contributed by atoms with E-state index in [0.29, 0.717) is 4.57 Å². The number of alkyl halides is 3. The molecule has 88 valence electrons. The summed E-state index contributed by atoms with van der Waals surface area (Å²) in [6, 6.07) is -0.961. The number of nitrogens with one attached hydrogen (secondary N) is 1. The molecule has 1 aromatic rings. The summed E-state index contributed by atoms with van der Waals surface area (Å²) < 4.78 is 38.5. The molecule has 1 aliphatic rings. The van der Waals surface area contributed by atoms with Gasteiger partial charge in [-0.25, -0.2) is 4.98 Å². The van der Waals surface area contributed by atoms with Gasteiger partial charge < -0.3 is 5.32 Å². The zero-order valence-corrected chi connectivity index (χ0v) is 8.64. The monoisotopic (exact) mass is 253 g/mol. The minimum atomic E-state index is -4.46. The molecular formula is C8H7ClF3N3O. The quantitative estimate of drug-likeness (QED) is 0.718. The molecule has 8 heteroatoms. The van der Waals surface area contributed by atoms with Gasteiger partial charge >= 0.3 is 6.18 Å². The third kappa shape index (κ3) is 1.87. The van der Waals surface area contributed by atoms with Crippen molar-refractivity contribution < 1.29 is 13.2 Å². The van der Waals surface area contributed by atoms with E-state index in [1.54, 1.807) is 0 Å². The Hall–Kier alpha value is -1.24. The van der Waals surface area contributed by atoms with Crippen LogP contribution < -0.4 is 10.9 Å². The first-order valence-electron chi connectivity index (χ1n) is 4.49. The second kappa shape index (κ2) is 3.65. The summed E-state index contributed by atoms with van der Waals surface area (Å²) in [5.74, 6) is -0.133. The molecule has 0 fully saturated rings. The van der Waals surface area contributed by atoms with Gasteiger partial charge in [0, 0.05) is 12.6 Å². The third-order valence-electron chi connectivity index (χ3n) is 2.31. The van der Waals surface area contributed by atoms with E-state index in [9.17, 15) is 18.0 Å². The first-order valence-corrected chi connectivity index (χ1v) is 4.87. The lowest BCUT2D eigenvalue weighted by Crippen LogP contribution is -2.40. The van der Waals surface area contributed by atoms with Crippen LogP contribution in [0.5, 0.6) is 0 Å². The predicted octanol–water partition coefficient (Wildman–Crippen LogP) is 1.82. The summed E-state index contributed by atoms with van der Waals surface area (Å²) in [4.78, 5) is 15.1. The van der Waals surface area contributed by atoms with Gasteiger partial charge in [-0.05, 0) is 6.42 Å². The summed E-state index contributed by atoms with van der Waals surface area (Å²) in [6.07, 6.45) is -4.66. The second-order valence-electron chi connectivity index (χ2n) is 3.38. The molecule has 16 heavy (non-hydrogen) atoms. The molecule has 1 aromatic heterocycles. The number of rotatable bonds is 0. The van der Waals surface area contributed by atoms with Crippen LogP contribution in [-0.2, 0) is 0 Å². The maximum absolute atomic E-state index is 12.7. The highest BCUT2D eigenvalue weighted by Gasteiger charge is 2.43. The smallest absolute Gasteiger partial charge is 0.355 e. The minimum absolute atomic E-state index is 0.108. The molecular weight excluding hydrogens is 247 g/mol. The van der Waals surface area contributed by atoms with Crippen LogP contribution in [0.3, 0.4) is 0 Å². The highest BCUT2D eigenvalue weighted by molar-refractivity contribution is 6.29. The lowest BCUT2D eigenvalue weighted by Gasteiger charge is -2.29. The maximum atomic E-state index is 12.7. The molecule has 2 heterocycles. The van der Waals surface area contributed by atoms with Gasteiger partial charge in [-0.2, -0.15) is 13.2 Å². The topological polar surface area (TPSA) is 46.9 Å². The van der Waals surface area contributed by atoms with Crippen LogP contribution in [0, 0.1) is 0 Å². The highest BCUT2D eigenvalue weighted by atomic mass is 35.5. The van der Waals surface area contributed by atoms with Gasteiger partial charge in [0.05, 0.1) is 0 Å². The Morgan fingerprint density at radius 1 is 1.56 bits per heavy atom. The fourth-order valence-corrected chi connectivity index (χ4v) is 1.82. The molecule has 0 amide bonds. The van der Waals surface area contributed by atoms with Crippen molar-refractivity contribution in [2.45, 2.75) is 18.6 Å². The minimum Gasteiger partial charge on any atom is -0.355 e. The van der Waals surface area contributed by atoms with Crippen molar-refractivity contribution in [3.05, 3.63) is 21.6 Å². The van der Waals surface area contributed by atoms with Crippen LogP contribution in [0.15, 0.2) is 10.9 Å². The first kappa shape index (κ1) is 11.3. The maximum Gasteiger partial charge on any atom is 0.409 e. The molecule has 0 unspecified atom stereocenters. The number of aromatic nitrogens is 2. The van der Waals surface area contributed by atoms with Gasteiger partial charge in [-0.1, -0.05) is 11.6 Å². The molecule has 4 nitrogen and oxygen atoms in total. The molecule has 1 N–H and O–H groups in total. The van der Waals surface area contributed by atoms with Crippen molar-refractivity contribution in [1.82, 2.24) is 9.55 Å². The van der Waals surface area contributed by atoms with Crippen LogP contribution in [0.4, 0.5) is 19.1 Å². The van der Waals surface area contributed by atoms with Crippen molar-refractivity contribution in [1.29, 1.82) is 0 Å². The number of fused-ring (bicyclic) bond motifs is 1. The number of nitrogens with zero attached hydrogens (tertiary/aromatic N) is 2. The van der Waals surface area contributed by atoms with Crippen molar-refractivity contribution >= 4 is 17.5 Å². The normalized spacial score (nSPS) is 20.1. The summed E-state index contributed by atoms with van der Waals surface area (Å²) in [5, 5.41) is 2.49. The molecule has 0 saturated heterocycles. The van der Waals surface area contributed by atoms with Gasteiger partial charge in [0.2, 0.25) is 5.95 Å². The molecule has 0 spiro atoms. The van der Waals surface area contributed by atoms with E-state index in [0.717, 1.165) is 6.07 Å². The molecule has 0 bridgehead atoms. The van der Waals surface area contributed by atoms with E-state index in [4.69, 9.17) is 11.6 Å². The fourth-order valence-electron chi connectivity index (χ4n) is 1.65. The number of halogens is 4. The van der Waals surface area contributed by atoms with Crippen LogP contribution in [0.25, 0.3) is 0 Å². The Bertz CT molecular complexity index is 471. The van der Waals surface area contributed by atoms with Crippen molar-refractivity contribution in [2.75, 3.05) is 11.9 Å². The molecule has 0 aliphatic carbocycles. The van der Waals surface area contributed by atoms with Crippen LogP contribution in [0.2, 0.25) is 5.15 Å². The van der Waals surface area contributed by atoms with Crippen LogP contribution in [0.1, 0.15) is 12.5 Å². The Balaban J connectivity index is 2.59. The Labute approximate surface area is 93.0 Å². The van der Waals surface area contributed by atoms with Crippen molar-refractivity contribution in [3.8, 4) is 0 Å². The van der Waals surface area contributed by atoms with Gasteiger partial charge in [0.25, 0.3) is 5.56 Å². The summed E-state index contributed by atoms with van der Waals surface area (Å²) >= 11 is 5.50. The summed E-state index contributed by atoms with van der Waals surface area (Å²) in [7, 11) is 0. The zero-order chi connectivity index (χ0) is 11.9. The highest BCUT2D eigenvalue weighted by Crippen LogP contribution is 2.35. The Morgan fingerprint density at radius 2 is 2.25 bits per heavy atom. The lowest BCUT2D eigenvalue weighted by molar-refractivity contribution is -0.170. The van der Waals surface area contributed by atoms with Crippen LogP contribution in [-0.4, -0.2) is 22.3 Å². The molecule has 0 radical (unpaired) electrons. The Kier molecular flexibility index (Phi) is 2.57. The van der Waals surface area contributed by atoms with Crippen LogP contribution >= 0.6 is 11.6 Å². The number of hydrogen-bond acceptors (Lipinski definition) is 3. The molecule has 2 rings (SSSR count). The van der Waals surface area contributed by atoms with E-state index >= 15 is 0 Å². The number of anilines is 1. The van der Waals surface area contributed by atoms with Crippen molar-refractivity contribution in [2.24, 2.45) is 0 Å².